The quantitative estimate of drug-likeness (QED) is 0.787. The molecule has 0 spiro atoms. The van der Waals surface area contributed by atoms with Crippen LogP contribution in [0.5, 0.6) is 5.75 Å². The molecule has 0 bridgehead atoms. The summed E-state index contributed by atoms with van der Waals surface area (Å²) in [6.07, 6.45) is 2.01. The number of nitrogens with one attached hydrogen (secondary N) is 1. The van der Waals surface area contributed by atoms with Crippen molar-refractivity contribution in [3.63, 3.8) is 0 Å². The van der Waals surface area contributed by atoms with Gasteiger partial charge in [-0.2, -0.15) is 0 Å². The molecule has 0 saturated heterocycles. The van der Waals surface area contributed by atoms with Crippen molar-refractivity contribution in [1.82, 2.24) is 9.88 Å². The number of nitrogens with zero attached hydrogens (tertiary/aromatic N) is 1. The molecule has 0 aliphatic heterocycles. The van der Waals surface area contributed by atoms with Crippen LogP contribution in [0.3, 0.4) is 0 Å². The maximum Gasteiger partial charge on any atom is 0.258 e. The molecular weight excluding hydrogens is 295 g/mol. The van der Waals surface area contributed by atoms with Crippen LogP contribution < -0.4 is 10.1 Å². The van der Waals surface area contributed by atoms with Gasteiger partial charge in [-0.1, -0.05) is 18.2 Å². The number of benzene rings is 2. The number of aryl methyl sites for hydroxylation is 1. The van der Waals surface area contributed by atoms with Crippen molar-refractivity contribution in [3.05, 3.63) is 66.1 Å². The highest BCUT2D eigenvalue weighted by Crippen LogP contribution is 2.19. The Kier molecular flexibility index (Phi) is 4.28. The monoisotopic (exact) mass is 312 g/mol. The number of para-hydroxylation sites is 1. The van der Waals surface area contributed by atoms with Gasteiger partial charge in [-0.3, -0.25) is 4.79 Å². The van der Waals surface area contributed by atoms with Crippen LogP contribution in [0.15, 0.2) is 54.7 Å². The van der Waals surface area contributed by atoms with Crippen LogP contribution in [0, 0.1) is 5.82 Å². The number of halogens is 1. The lowest BCUT2D eigenvalue weighted by atomic mass is 10.2. The number of amides is 1. The van der Waals surface area contributed by atoms with E-state index >= 15 is 0 Å². The van der Waals surface area contributed by atoms with E-state index < -0.39 is 0 Å². The fraction of sp³-hybridized carbons (Fsp3) is 0.167. The summed E-state index contributed by atoms with van der Waals surface area (Å²) in [5.41, 5.74) is 2.18. The minimum Gasteiger partial charge on any atom is -0.484 e. The first-order chi connectivity index (χ1) is 11.1. The van der Waals surface area contributed by atoms with E-state index in [9.17, 15) is 9.18 Å². The third-order valence-corrected chi connectivity index (χ3v) is 3.64. The van der Waals surface area contributed by atoms with Gasteiger partial charge in [-0.15, -0.1) is 0 Å². The Bertz CT molecular complexity index is 825. The van der Waals surface area contributed by atoms with E-state index in [2.05, 4.69) is 5.32 Å². The molecule has 1 heterocycles. The van der Waals surface area contributed by atoms with Crippen LogP contribution in [-0.2, 0) is 18.4 Å². The summed E-state index contributed by atoms with van der Waals surface area (Å²) in [5, 5.41) is 3.95. The molecule has 23 heavy (non-hydrogen) atoms. The van der Waals surface area contributed by atoms with Crippen LogP contribution in [0.4, 0.5) is 4.39 Å². The van der Waals surface area contributed by atoms with Gasteiger partial charge in [-0.05, 0) is 35.9 Å². The van der Waals surface area contributed by atoms with Crippen molar-refractivity contribution >= 4 is 16.8 Å². The van der Waals surface area contributed by atoms with Crippen molar-refractivity contribution in [2.75, 3.05) is 6.61 Å². The molecule has 0 fully saturated rings. The lowest BCUT2D eigenvalue weighted by molar-refractivity contribution is -0.123. The maximum absolute atomic E-state index is 12.8. The smallest absolute Gasteiger partial charge is 0.258 e. The first-order valence-corrected chi connectivity index (χ1v) is 7.31. The highest BCUT2D eigenvalue weighted by Gasteiger charge is 2.08. The Morgan fingerprint density at radius 1 is 1.17 bits per heavy atom. The van der Waals surface area contributed by atoms with Crippen LogP contribution in [-0.4, -0.2) is 17.1 Å². The van der Waals surface area contributed by atoms with Gasteiger partial charge in [0.15, 0.2) is 6.61 Å². The van der Waals surface area contributed by atoms with Crippen LogP contribution in [0.2, 0.25) is 0 Å². The minimum atomic E-state index is -0.335. The summed E-state index contributed by atoms with van der Waals surface area (Å²) in [4.78, 5) is 11.9. The Hall–Kier alpha value is -2.82. The van der Waals surface area contributed by atoms with Gasteiger partial charge in [-0.25, -0.2) is 4.39 Å². The zero-order chi connectivity index (χ0) is 16.2. The summed E-state index contributed by atoms with van der Waals surface area (Å²) in [7, 11) is 1.98. The van der Waals surface area contributed by atoms with Crippen molar-refractivity contribution in [2.45, 2.75) is 6.54 Å². The molecule has 118 valence electrons. The molecule has 0 unspecified atom stereocenters. The largest absolute Gasteiger partial charge is 0.484 e. The van der Waals surface area contributed by atoms with Gasteiger partial charge in [0.25, 0.3) is 5.91 Å². The van der Waals surface area contributed by atoms with E-state index in [0.717, 1.165) is 16.5 Å². The number of hydrogen-bond acceptors (Lipinski definition) is 2. The summed E-state index contributed by atoms with van der Waals surface area (Å²) < 4.78 is 20.1. The second kappa shape index (κ2) is 6.52. The molecule has 3 rings (SSSR count). The predicted molar refractivity (Wildman–Crippen MR) is 86.7 cm³/mol. The molecule has 0 radical (unpaired) electrons. The highest BCUT2D eigenvalue weighted by molar-refractivity contribution is 5.84. The van der Waals surface area contributed by atoms with E-state index in [1.54, 1.807) is 0 Å². The van der Waals surface area contributed by atoms with Gasteiger partial charge in [0, 0.05) is 30.7 Å². The Balaban J connectivity index is 1.57. The van der Waals surface area contributed by atoms with E-state index in [1.165, 1.54) is 24.3 Å². The first-order valence-electron chi connectivity index (χ1n) is 7.31. The molecule has 1 amide bonds. The molecule has 2 aromatic carbocycles. The van der Waals surface area contributed by atoms with Crippen LogP contribution >= 0.6 is 0 Å². The van der Waals surface area contributed by atoms with E-state index in [-0.39, 0.29) is 18.3 Å². The summed E-state index contributed by atoms with van der Waals surface area (Å²) in [5.74, 6) is -0.0910. The zero-order valence-electron chi connectivity index (χ0n) is 12.8. The number of aromatic nitrogens is 1. The van der Waals surface area contributed by atoms with E-state index in [1.807, 2.05) is 42.1 Å². The number of ether oxygens (including phenoxy) is 1. The molecule has 0 aliphatic rings. The minimum absolute atomic E-state index is 0.101. The van der Waals surface area contributed by atoms with E-state index in [4.69, 9.17) is 4.74 Å². The SMILES string of the molecule is Cn1cc(CNC(=O)COc2ccc(F)cc2)c2ccccc21. The molecule has 0 atom stereocenters. The fourth-order valence-electron chi connectivity index (χ4n) is 2.49. The van der Waals surface area contributed by atoms with Gasteiger partial charge in [0.1, 0.15) is 11.6 Å². The number of carbonyl (C=O) groups excluding carboxylic acids is 1. The molecule has 4 nitrogen and oxygen atoms in total. The number of hydrogen-bond donors (Lipinski definition) is 1. The van der Waals surface area contributed by atoms with Crippen molar-refractivity contribution < 1.29 is 13.9 Å². The number of fused-ring (bicyclic) bond motifs is 1. The third-order valence-electron chi connectivity index (χ3n) is 3.64. The molecule has 1 aromatic heterocycles. The number of rotatable bonds is 5. The van der Waals surface area contributed by atoms with Gasteiger partial charge in [0.05, 0.1) is 0 Å². The van der Waals surface area contributed by atoms with Crippen molar-refractivity contribution in [2.24, 2.45) is 7.05 Å². The molecular formula is C18H17FN2O2. The summed E-state index contributed by atoms with van der Waals surface area (Å²) in [6.45, 7) is 0.337. The lowest BCUT2D eigenvalue weighted by Crippen LogP contribution is -2.28. The van der Waals surface area contributed by atoms with Crippen molar-refractivity contribution in [3.8, 4) is 5.75 Å². The second-order valence-electron chi connectivity index (χ2n) is 5.30. The summed E-state index contributed by atoms with van der Waals surface area (Å²) in [6, 6.07) is 13.6. The Labute approximate surface area is 133 Å². The normalized spacial score (nSPS) is 10.7. The van der Waals surface area contributed by atoms with Crippen LogP contribution in [0.1, 0.15) is 5.56 Å². The van der Waals surface area contributed by atoms with Crippen LogP contribution in [0.25, 0.3) is 10.9 Å². The molecule has 0 aliphatic carbocycles. The molecule has 1 N–H and O–H groups in total. The number of carbonyl (C=O) groups is 1. The summed E-state index contributed by atoms with van der Waals surface area (Å²) >= 11 is 0. The zero-order valence-corrected chi connectivity index (χ0v) is 12.8. The standard InChI is InChI=1S/C18H17FN2O2/c1-21-11-13(16-4-2-3-5-17(16)21)10-20-18(22)12-23-15-8-6-14(19)7-9-15/h2-9,11H,10,12H2,1H3,(H,20,22). The molecule has 5 heteroatoms. The maximum atomic E-state index is 12.8. The average molecular weight is 312 g/mol. The van der Waals surface area contributed by atoms with Gasteiger partial charge >= 0.3 is 0 Å². The third kappa shape index (κ3) is 3.51. The topological polar surface area (TPSA) is 43.3 Å². The van der Waals surface area contributed by atoms with Crippen molar-refractivity contribution in [1.29, 1.82) is 0 Å². The lowest BCUT2D eigenvalue weighted by Gasteiger charge is -2.07. The average Bonchev–Trinajstić information content (AvgIpc) is 2.89. The predicted octanol–water partition coefficient (Wildman–Crippen LogP) is 3.01. The molecule has 3 aromatic rings. The van der Waals surface area contributed by atoms with Gasteiger partial charge in [0.2, 0.25) is 0 Å². The second-order valence-corrected chi connectivity index (χ2v) is 5.30. The highest BCUT2D eigenvalue weighted by atomic mass is 19.1. The van der Waals surface area contributed by atoms with Gasteiger partial charge < -0.3 is 14.6 Å². The molecule has 0 saturated carbocycles. The fourth-order valence-corrected chi connectivity index (χ4v) is 2.49. The Morgan fingerprint density at radius 2 is 1.91 bits per heavy atom. The first kappa shape index (κ1) is 15.1. The van der Waals surface area contributed by atoms with E-state index in [0.29, 0.717) is 12.3 Å². The Morgan fingerprint density at radius 3 is 2.70 bits per heavy atom.